The van der Waals surface area contributed by atoms with Gasteiger partial charge in [-0.25, -0.2) is 4.79 Å². The number of rotatable bonds is 6. The van der Waals surface area contributed by atoms with Crippen LogP contribution in [0.5, 0.6) is 0 Å². The SMILES string of the molecule is O=C(CNC(=O)C1Cc2ccccc2CN1C(=O)OCc1ccccc1)c1ccccc1. The van der Waals surface area contributed by atoms with Crippen molar-refractivity contribution < 1.29 is 19.1 Å². The molecule has 1 unspecified atom stereocenters. The number of Topliss-reactive ketones (excluding diaryl/α,β-unsaturated/α-hetero) is 1. The second-order valence-electron chi connectivity index (χ2n) is 7.66. The van der Waals surface area contributed by atoms with Crippen LogP contribution < -0.4 is 5.32 Å². The molecular formula is C26H24N2O4. The summed E-state index contributed by atoms with van der Waals surface area (Å²) < 4.78 is 5.50. The molecule has 162 valence electrons. The molecule has 1 atom stereocenters. The molecule has 0 aliphatic carbocycles. The highest BCUT2D eigenvalue weighted by atomic mass is 16.6. The Morgan fingerprint density at radius 3 is 2.19 bits per heavy atom. The second-order valence-corrected chi connectivity index (χ2v) is 7.66. The molecule has 0 bridgehead atoms. The molecule has 6 heteroatoms. The fourth-order valence-electron chi connectivity index (χ4n) is 3.76. The normalized spacial score (nSPS) is 14.9. The van der Waals surface area contributed by atoms with Crippen molar-refractivity contribution in [2.75, 3.05) is 6.54 Å². The van der Waals surface area contributed by atoms with Crippen molar-refractivity contribution in [1.82, 2.24) is 10.2 Å². The molecular weight excluding hydrogens is 404 g/mol. The fourth-order valence-corrected chi connectivity index (χ4v) is 3.76. The number of hydrogen-bond donors (Lipinski definition) is 1. The monoisotopic (exact) mass is 428 g/mol. The van der Waals surface area contributed by atoms with E-state index < -0.39 is 12.1 Å². The largest absolute Gasteiger partial charge is 0.445 e. The van der Waals surface area contributed by atoms with E-state index in [1.165, 1.54) is 4.90 Å². The quantitative estimate of drug-likeness (QED) is 0.607. The van der Waals surface area contributed by atoms with Crippen molar-refractivity contribution >= 4 is 17.8 Å². The van der Waals surface area contributed by atoms with Crippen LogP contribution in [-0.2, 0) is 29.1 Å². The van der Waals surface area contributed by atoms with E-state index in [4.69, 9.17) is 4.74 Å². The molecule has 1 aliphatic rings. The third-order valence-electron chi connectivity index (χ3n) is 5.51. The molecule has 0 fully saturated rings. The zero-order chi connectivity index (χ0) is 22.3. The van der Waals surface area contributed by atoms with E-state index in [1.54, 1.807) is 24.3 Å². The summed E-state index contributed by atoms with van der Waals surface area (Å²) in [4.78, 5) is 39.8. The molecule has 0 spiro atoms. The highest BCUT2D eigenvalue weighted by molar-refractivity contribution is 6.00. The molecule has 3 aromatic rings. The van der Waals surface area contributed by atoms with Crippen LogP contribution in [-0.4, -0.2) is 35.3 Å². The molecule has 0 aromatic heterocycles. The number of carbonyl (C=O) groups excluding carboxylic acids is 3. The standard InChI is InChI=1S/C26H24N2O4/c29-24(20-11-5-2-6-12-20)16-27-25(30)23-15-21-13-7-8-14-22(21)17-28(23)26(31)32-18-19-9-3-1-4-10-19/h1-14,23H,15-18H2,(H,27,30). The van der Waals surface area contributed by atoms with Gasteiger partial charge in [0.25, 0.3) is 0 Å². The average Bonchev–Trinajstić information content (AvgIpc) is 2.86. The zero-order valence-electron chi connectivity index (χ0n) is 17.6. The fraction of sp³-hybridized carbons (Fsp3) is 0.192. The Bertz CT molecular complexity index is 1100. The molecule has 0 saturated carbocycles. The van der Waals surface area contributed by atoms with Gasteiger partial charge in [-0.3, -0.25) is 14.5 Å². The predicted octanol–water partition coefficient (Wildman–Crippen LogP) is 3.75. The van der Waals surface area contributed by atoms with Crippen molar-refractivity contribution in [2.45, 2.75) is 25.6 Å². The molecule has 4 rings (SSSR count). The topological polar surface area (TPSA) is 75.7 Å². The highest BCUT2D eigenvalue weighted by Gasteiger charge is 2.35. The summed E-state index contributed by atoms with van der Waals surface area (Å²) in [6, 6.07) is 25.1. The van der Waals surface area contributed by atoms with Crippen LogP contribution in [0.15, 0.2) is 84.9 Å². The van der Waals surface area contributed by atoms with Gasteiger partial charge in [-0.15, -0.1) is 0 Å². The maximum absolute atomic E-state index is 13.0. The van der Waals surface area contributed by atoms with Crippen molar-refractivity contribution in [3.63, 3.8) is 0 Å². The van der Waals surface area contributed by atoms with Crippen LogP contribution in [0.1, 0.15) is 27.0 Å². The first-order valence-corrected chi connectivity index (χ1v) is 10.5. The first kappa shape index (κ1) is 21.3. The van der Waals surface area contributed by atoms with E-state index in [9.17, 15) is 14.4 Å². The van der Waals surface area contributed by atoms with Crippen molar-refractivity contribution in [1.29, 1.82) is 0 Å². The summed E-state index contributed by atoms with van der Waals surface area (Å²) in [6.07, 6.45) is -0.194. The minimum atomic E-state index is -0.753. The number of hydrogen-bond acceptors (Lipinski definition) is 4. The lowest BCUT2D eigenvalue weighted by molar-refractivity contribution is -0.126. The van der Waals surface area contributed by atoms with Crippen LogP contribution in [0, 0.1) is 0 Å². The van der Waals surface area contributed by atoms with Gasteiger partial charge in [-0.2, -0.15) is 0 Å². The summed E-state index contributed by atoms with van der Waals surface area (Å²) in [5, 5.41) is 2.70. The summed E-state index contributed by atoms with van der Waals surface area (Å²) in [6.45, 7) is 0.265. The molecule has 0 saturated heterocycles. The minimum Gasteiger partial charge on any atom is -0.445 e. The van der Waals surface area contributed by atoms with Crippen LogP contribution in [0.4, 0.5) is 4.79 Å². The Morgan fingerprint density at radius 1 is 0.844 bits per heavy atom. The Morgan fingerprint density at radius 2 is 1.47 bits per heavy atom. The minimum absolute atomic E-state index is 0.124. The van der Waals surface area contributed by atoms with Crippen molar-refractivity contribution in [3.8, 4) is 0 Å². The Labute approximate surface area is 186 Å². The van der Waals surface area contributed by atoms with E-state index in [2.05, 4.69) is 5.32 Å². The second kappa shape index (κ2) is 9.92. The number of fused-ring (bicyclic) bond motifs is 1. The van der Waals surface area contributed by atoms with Gasteiger partial charge in [-0.05, 0) is 16.7 Å². The van der Waals surface area contributed by atoms with E-state index in [1.807, 2.05) is 60.7 Å². The molecule has 3 aromatic carbocycles. The van der Waals surface area contributed by atoms with E-state index in [-0.39, 0.29) is 31.4 Å². The maximum atomic E-state index is 13.0. The van der Waals surface area contributed by atoms with Gasteiger partial charge in [-0.1, -0.05) is 84.9 Å². The number of carbonyl (C=O) groups is 3. The van der Waals surface area contributed by atoms with Gasteiger partial charge in [0.2, 0.25) is 5.91 Å². The van der Waals surface area contributed by atoms with Gasteiger partial charge in [0.15, 0.2) is 5.78 Å². The lowest BCUT2D eigenvalue weighted by Gasteiger charge is -2.35. The van der Waals surface area contributed by atoms with Crippen molar-refractivity contribution in [2.24, 2.45) is 0 Å². The number of ether oxygens (including phenoxy) is 1. The number of amides is 2. The molecule has 6 nitrogen and oxygen atoms in total. The van der Waals surface area contributed by atoms with Crippen LogP contribution >= 0.6 is 0 Å². The molecule has 1 aliphatic heterocycles. The lowest BCUT2D eigenvalue weighted by Crippen LogP contribution is -2.53. The van der Waals surface area contributed by atoms with Crippen LogP contribution in [0.2, 0.25) is 0 Å². The van der Waals surface area contributed by atoms with Crippen LogP contribution in [0.3, 0.4) is 0 Å². The van der Waals surface area contributed by atoms with Crippen LogP contribution in [0.25, 0.3) is 0 Å². The van der Waals surface area contributed by atoms with E-state index in [0.29, 0.717) is 12.0 Å². The first-order valence-electron chi connectivity index (χ1n) is 10.5. The van der Waals surface area contributed by atoms with E-state index >= 15 is 0 Å². The molecule has 32 heavy (non-hydrogen) atoms. The summed E-state index contributed by atoms with van der Waals surface area (Å²) in [5.41, 5.74) is 3.39. The number of ketones is 1. The summed E-state index contributed by atoms with van der Waals surface area (Å²) >= 11 is 0. The lowest BCUT2D eigenvalue weighted by atomic mass is 9.94. The van der Waals surface area contributed by atoms with Gasteiger partial charge < -0.3 is 10.1 Å². The number of nitrogens with one attached hydrogen (secondary N) is 1. The van der Waals surface area contributed by atoms with Gasteiger partial charge in [0.05, 0.1) is 13.1 Å². The first-order chi connectivity index (χ1) is 15.6. The van der Waals surface area contributed by atoms with E-state index in [0.717, 1.165) is 16.7 Å². The number of nitrogens with zero attached hydrogens (tertiary/aromatic N) is 1. The van der Waals surface area contributed by atoms with Gasteiger partial charge >= 0.3 is 6.09 Å². The Hall–Kier alpha value is -3.93. The van der Waals surface area contributed by atoms with Crippen molar-refractivity contribution in [3.05, 3.63) is 107 Å². The Balaban J connectivity index is 1.46. The summed E-state index contributed by atoms with van der Waals surface area (Å²) in [7, 11) is 0. The van der Waals surface area contributed by atoms with Gasteiger partial charge in [0.1, 0.15) is 12.6 Å². The zero-order valence-corrected chi connectivity index (χ0v) is 17.6. The third-order valence-corrected chi connectivity index (χ3v) is 5.51. The molecule has 2 amide bonds. The summed E-state index contributed by atoms with van der Waals surface area (Å²) in [5.74, 6) is -0.561. The molecule has 1 N–H and O–H groups in total. The predicted molar refractivity (Wildman–Crippen MR) is 120 cm³/mol. The maximum Gasteiger partial charge on any atom is 0.411 e. The third kappa shape index (κ3) is 5.03. The molecule has 1 heterocycles. The van der Waals surface area contributed by atoms with Gasteiger partial charge in [0, 0.05) is 12.0 Å². The molecule has 0 radical (unpaired) electrons. The Kier molecular flexibility index (Phi) is 6.60. The smallest absolute Gasteiger partial charge is 0.411 e. The number of benzene rings is 3. The highest BCUT2D eigenvalue weighted by Crippen LogP contribution is 2.24. The average molecular weight is 428 g/mol.